The number of para-hydroxylation sites is 1. The van der Waals surface area contributed by atoms with Crippen molar-refractivity contribution in [2.45, 2.75) is 19.9 Å². The molecule has 5 heteroatoms. The molecule has 0 saturated carbocycles. The highest BCUT2D eigenvalue weighted by Gasteiger charge is 2.26. The van der Waals surface area contributed by atoms with Crippen molar-refractivity contribution < 1.29 is 13.9 Å². The lowest BCUT2D eigenvalue weighted by molar-refractivity contribution is -0.127. The predicted molar refractivity (Wildman–Crippen MR) is 80.3 cm³/mol. The van der Waals surface area contributed by atoms with Crippen molar-refractivity contribution in [3.05, 3.63) is 30.0 Å². The molecule has 0 aliphatic carbocycles. The monoisotopic (exact) mass is 288 g/mol. The molecule has 2 aromatic rings. The van der Waals surface area contributed by atoms with Crippen LogP contribution in [0, 0.1) is 5.92 Å². The van der Waals surface area contributed by atoms with Gasteiger partial charge in [0.1, 0.15) is 5.76 Å². The highest BCUT2D eigenvalue weighted by atomic mass is 16.5. The van der Waals surface area contributed by atoms with Gasteiger partial charge in [0, 0.05) is 18.5 Å². The molecule has 1 saturated heterocycles. The Labute approximate surface area is 123 Å². The highest BCUT2D eigenvalue weighted by Crippen LogP contribution is 2.31. The number of hydrogen-bond donors (Lipinski definition) is 2. The van der Waals surface area contributed by atoms with Gasteiger partial charge in [0.2, 0.25) is 5.91 Å². The van der Waals surface area contributed by atoms with Crippen molar-refractivity contribution >= 4 is 16.9 Å². The Balaban J connectivity index is 1.79. The van der Waals surface area contributed by atoms with Crippen molar-refractivity contribution in [1.29, 1.82) is 0 Å². The third kappa shape index (κ3) is 2.74. The first kappa shape index (κ1) is 13.9. The van der Waals surface area contributed by atoms with E-state index in [0.717, 1.165) is 35.6 Å². The van der Waals surface area contributed by atoms with E-state index in [1.54, 1.807) is 0 Å². The van der Waals surface area contributed by atoms with E-state index >= 15 is 0 Å². The second kappa shape index (κ2) is 5.77. The number of fused-ring (bicyclic) bond motifs is 1. The molecule has 2 heterocycles. The molecule has 1 atom stereocenters. The second-order valence-electron chi connectivity index (χ2n) is 5.34. The number of ether oxygens (including phenoxy) is 1. The maximum atomic E-state index is 12.0. The molecular weight excluding hydrogens is 268 g/mol. The van der Waals surface area contributed by atoms with Gasteiger partial charge in [0.25, 0.3) is 0 Å². The molecule has 0 radical (unpaired) electrons. The van der Waals surface area contributed by atoms with E-state index in [4.69, 9.17) is 9.15 Å². The third-order valence-corrected chi connectivity index (χ3v) is 3.76. The van der Waals surface area contributed by atoms with Crippen LogP contribution in [0.3, 0.4) is 0 Å². The van der Waals surface area contributed by atoms with Crippen molar-refractivity contribution in [2.75, 3.05) is 19.7 Å². The van der Waals surface area contributed by atoms with Crippen LogP contribution in [0.25, 0.3) is 11.0 Å². The van der Waals surface area contributed by atoms with Crippen LogP contribution in [-0.2, 0) is 4.79 Å². The molecular formula is C16H20N2O3. The summed E-state index contributed by atoms with van der Waals surface area (Å²) >= 11 is 0. The van der Waals surface area contributed by atoms with Crippen LogP contribution in [0.15, 0.2) is 28.7 Å². The fourth-order valence-corrected chi connectivity index (χ4v) is 2.42. The van der Waals surface area contributed by atoms with Crippen LogP contribution in [0.1, 0.15) is 25.6 Å². The molecule has 3 rings (SSSR count). The van der Waals surface area contributed by atoms with Crippen LogP contribution >= 0.6 is 0 Å². The van der Waals surface area contributed by atoms with Crippen LogP contribution in [0.2, 0.25) is 0 Å². The van der Waals surface area contributed by atoms with Gasteiger partial charge in [-0.1, -0.05) is 12.1 Å². The molecule has 2 N–H and O–H groups in total. The average molecular weight is 288 g/mol. The average Bonchev–Trinajstić information content (AvgIpc) is 2.82. The SMILES string of the molecule is CCOc1cccc2cc(C(C)NC(=O)C3CNC3)oc12. The standard InChI is InChI=1S/C16H20N2O3/c1-3-20-13-6-4-5-11-7-14(21-15(11)13)10(2)18-16(19)12-8-17-9-12/h4-7,10,12,17H,3,8-9H2,1-2H3,(H,18,19). The summed E-state index contributed by atoms with van der Waals surface area (Å²) in [5, 5.41) is 7.08. The van der Waals surface area contributed by atoms with Gasteiger partial charge in [-0.05, 0) is 26.0 Å². The molecule has 0 spiro atoms. The first-order chi connectivity index (χ1) is 10.2. The number of hydrogen-bond acceptors (Lipinski definition) is 4. The van der Waals surface area contributed by atoms with Gasteiger partial charge in [0.05, 0.1) is 18.6 Å². The molecule has 1 aromatic heterocycles. The largest absolute Gasteiger partial charge is 0.490 e. The van der Waals surface area contributed by atoms with Gasteiger partial charge in [-0.25, -0.2) is 0 Å². The van der Waals surface area contributed by atoms with Crippen molar-refractivity contribution in [3.63, 3.8) is 0 Å². The highest BCUT2D eigenvalue weighted by molar-refractivity contribution is 5.84. The molecule has 1 fully saturated rings. The van der Waals surface area contributed by atoms with Crippen LogP contribution in [-0.4, -0.2) is 25.6 Å². The van der Waals surface area contributed by atoms with E-state index < -0.39 is 0 Å². The summed E-state index contributed by atoms with van der Waals surface area (Å²) in [7, 11) is 0. The molecule has 5 nitrogen and oxygen atoms in total. The van der Waals surface area contributed by atoms with E-state index in [1.165, 1.54) is 0 Å². The minimum absolute atomic E-state index is 0.0757. The Morgan fingerprint density at radius 1 is 1.52 bits per heavy atom. The minimum Gasteiger partial charge on any atom is -0.490 e. The molecule has 1 aliphatic heterocycles. The summed E-state index contributed by atoms with van der Waals surface area (Å²) in [6.45, 7) is 5.98. The number of nitrogens with one attached hydrogen (secondary N) is 2. The summed E-state index contributed by atoms with van der Waals surface area (Å²) in [5.41, 5.74) is 0.737. The van der Waals surface area contributed by atoms with Gasteiger partial charge >= 0.3 is 0 Å². The predicted octanol–water partition coefficient (Wildman–Crippen LogP) is 2.23. The Hall–Kier alpha value is -2.01. The fraction of sp³-hybridized carbons (Fsp3) is 0.438. The molecule has 1 aromatic carbocycles. The number of rotatable bonds is 5. The fourth-order valence-electron chi connectivity index (χ4n) is 2.42. The van der Waals surface area contributed by atoms with Crippen molar-refractivity contribution in [2.24, 2.45) is 5.92 Å². The summed E-state index contributed by atoms with van der Waals surface area (Å²) in [4.78, 5) is 12.0. The Bertz CT molecular complexity index is 646. The van der Waals surface area contributed by atoms with Gasteiger partial charge in [0.15, 0.2) is 11.3 Å². The zero-order valence-electron chi connectivity index (χ0n) is 12.3. The van der Waals surface area contributed by atoms with Crippen LogP contribution in [0.5, 0.6) is 5.75 Å². The van der Waals surface area contributed by atoms with Crippen LogP contribution < -0.4 is 15.4 Å². The molecule has 1 amide bonds. The zero-order valence-corrected chi connectivity index (χ0v) is 12.3. The zero-order chi connectivity index (χ0) is 14.8. The number of carbonyl (C=O) groups is 1. The first-order valence-electron chi connectivity index (χ1n) is 7.35. The Morgan fingerprint density at radius 2 is 2.33 bits per heavy atom. The number of benzene rings is 1. The lowest BCUT2D eigenvalue weighted by Crippen LogP contribution is -2.51. The summed E-state index contributed by atoms with van der Waals surface area (Å²) in [5.74, 6) is 1.64. The van der Waals surface area contributed by atoms with E-state index in [2.05, 4.69) is 10.6 Å². The third-order valence-electron chi connectivity index (χ3n) is 3.76. The van der Waals surface area contributed by atoms with Gasteiger partial charge in [-0.3, -0.25) is 4.79 Å². The molecule has 1 aliphatic rings. The molecule has 21 heavy (non-hydrogen) atoms. The van der Waals surface area contributed by atoms with Gasteiger partial charge in [-0.15, -0.1) is 0 Å². The molecule has 1 unspecified atom stereocenters. The van der Waals surface area contributed by atoms with Gasteiger partial charge in [-0.2, -0.15) is 0 Å². The number of furan rings is 1. The van der Waals surface area contributed by atoms with Gasteiger partial charge < -0.3 is 19.8 Å². The van der Waals surface area contributed by atoms with Crippen LogP contribution in [0.4, 0.5) is 0 Å². The summed E-state index contributed by atoms with van der Waals surface area (Å²) in [6.07, 6.45) is 0. The van der Waals surface area contributed by atoms with Crippen molar-refractivity contribution in [3.8, 4) is 5.75 Å². The number of carbonyl (C=O) groups excluding carboxylic acids is 1. The molecule has 0 bridgehead atoms. The van der Waals surface area contributed by atoms with E-state index in [1.807, 2.05) is 38.1 Å². The lowest BCUT2D eigenvalue weighted by Gasteiger charge is -2.27. The number of amides is 1. The maximum absolute atomic E-state index is 12.0. The van der Waals surface area contributed by atoms with E-state index in [0.29, 0.717) is 6.61 Å². The normalized spacial score (nSPS) is 16.5. The lowest BCUT2D eigenvalue weighted by atomic mass is 10.0. The molecule has 112 valence electrons. The maximum Gasteiger partial charge on any atom is 0.226 e. The van der Waals surface area contributed by atoms with E-state index in [-0.39, 0.29) is 17.9 Å². The topological polar surface area (TPSA) is 63.5 Å². The summed E-state index contributed by atoms with van der Waals surface area (Å²) in [6, 6.07) is 7.62. The first-order valence-corrected chi connectivity index (χ1v) is 7.35. The van der Waals surface area contributed by atoms with Crippen molar-refractivity contribution in [1.82, 2.24) is 10.6 Å². The quantitative estimate of drug-likeness (QED) is 0.885. The Kier molecular flexibility index (Phi) is 3.84. The minimum atomic E-state index is -0.153. The smallest absolute Gasteiger partial charge is 0.226 e. The summed E-state index contributed by atoms with van der Waals surface area (Å²) < 4.78 is 11.5. The Morgan fingerprint density at radius 3 is 3.00 bits per heavy atom. The van der Waals surface area contributed by atoms with E-state index in [9.17, 15) is 4.79 Å². The second-order valence-corrected chi connectivity index (χ2v) is 5.34.